The highest BCUT2D eigenvalue weighted by molar-refractivity contribution is 6.30. The third-order valence-electron chi connectivity index (χ3n) is 3.60. The lowest BCUT2D eigenvalue weighted by atomic mass is 9.95. The summed E-state index contributed by atoms with van der Waals surface area (Å²) < 4.78 is 5.34. The monoisotopic (exact) mass is 361 g/mol. The second-order valence-electron chi connectivity index (χ2n) is 7.03. The van der Waals surface area contributed by atoms with E-state index in [0.29, 0.717) is 5.02 Å². The predicted octanol–water partition coefficient (Wildman–Crippen LogP) is 4.95. The molecule has 0 aliphatic heterocycles. The Labute approximate surface area is 153 Å². The van der Waals surface area contributed by atoms with Crippen molar-refractivity contribution < 1.29 is 14.6 Å². The molecule has 0 saturated heterocycles. The van der Waals surface area contributed by atoms with Crippen molar-refractivity contribution in [3.63, 3.8) is 0 Å². The van der Waals surface area contributed by atoms with Crippen molar-refractivity contribution in [2.24, 2.45) is 0 Å². The minimum absolute atomic E-state index is 0.584. The molecule has 0 saturated carbocycles. The minimum atomic E-state index is -0.923. The van der Waals surface area contributed by atoms with E-state index in [1.807, 2.05) is 31.2 Å². The summed E-state index contributed by atoms with van der Waals surface area (Å²) in [6, 6.07) is 13.9. The molecule has 0 heterocycles. The number of aliphatic hydroxyl groups is 1. The number of hydrogen-bond acceptors (Lipinski definition) is 3. The van der Waals surface area contributed by atoms with Crippen LogP contribution in [0.25, 0.3) is 0 Å². The van der Waals surface area contributed by atoms with E-state index in [1.54, 1.807) is 45.0 Å². The molecule has 0 aromatic heterocycles. The minimum Gasteiger partial charge on any atom is -0.444 e. The molecule has 2 N–H and O–H groups in total. The van der Waals surface area contributed by atoms with Gasteiger partial charge in [0, 0.05) is 5.02 Å². The number of aliphatic hydroxyl groups excluding tert-OH is 1. The van der Waals surface area contributed by atoms with E-state index in [4.69, 9.17) is 16.3 Å². The average molecular weight is 362 g/mol. The van der Waals surface area contributed by atoms with E-state index in [2.05, 4.69) is 5.32 Å². The Morgan fingerprint density at radius 1 is 1.12 bits per heavy atom. The van der Waals surface area contributed by atoms with Crippen molar-refractivity contribution in [2.75, 3.05) is 0 Å². The second kappa shape index (κ2) is 7.89. The van der Waals surface area contributed by atoms with Gasteiger partial charge >= 0.3 is 6.09 Å². The van der Waals surface area contributed by atoms with Crippen molar-refractivity contribution in [1.82, 2.24) is 5.32 Å². The summed E-state index contributed by atoms with van der Waals surface area (Å²) in [4.78, 5) is 12.2. The first-order valence-electron chi connectivity index (χ1n) is 8.15. The smallest absolute Gasteiger partial charge is 0.408 e. The van der Waals surface area contributed by atoms with Crippen LogP contribution in [-0.4, -0.2) is 16.8 Å². The molecule has 2 aromatic rings. The molecule has 25 heavy (non-hydrogen) atoms. The maximum Gasteiger partial charge on any atom is 0.408 e. The molecule has 0 bridgehead atoms. The summed E-state index contributed by atoms with van der Waals surface area (Å²) in [7, 11) is 0. The summed E-state index contributed by atoms with van der Waals surface area (Å²) in [5.41, 5.74) is 1.87. The number of hydrogen-bond donors (Lipinski definition) is 2. The topological polar surface area (TPSA) is 58.6 Å². The number of carbonyl (C=O) groups is 1. The van der Waals surface area contributed by atoms with Gasteiger partial charge in [0.2, 0.25) is 0 Å². The van der Waals surface area contributed by atoms with E-state index in [0.717, 1.165) is 16.7 Å². The molecule has 134 valence electrons. The number of benzene rings is 2. The molecule has 0 unspecified atom stereocenters. The molecule has 0 radical (unpaired) electrons. The number of amides is 1. The first kappa shape index (κ1) is 19.3. The number of rotatable bonds is 4. The number of halogens is 1. The molecule has 2 aromatic carbocycles. The van der Waals surface area contributed by atoms with Gasteiger partial charge in [0.15, 0.2) is 0 Å². The average Bonchev–Trinajstić information content (AvgIpc) is 2.51. The standard InChI is InChI=1S/C20H24ClNO3/c1-13-6-5-7-15(12-13)18(23)17(14-8-10-16(21)11-9-14)22-19(24)25-20(2,3)4/h5-12,17-18,23H,1-4H3,(H,22,24)/t17-,18+/m1/s1. The summed E-state index contributed by atoms with van der Waals surface area (Å²) in [6.07, 6.45) is -1.51. The first-order chi connectivity index (χ1) is 11.7. The second-order valence-corrected chi connectivity index (χ2v) is 7.47. The van der Waals surface area contributed by atoms with Gasteiger partial charge in [0.1, 0.15) is 11.7 Å². The summed E-state index contributed by atoms with van der Waals surface area (Å²) >= 11 is 5.95. The van der Waals surface area contributed by atoms with Crippen LogP contribution in [0.4, 0.5) is 4.79 Å². The Balaban J connectivity index is 2.31. The van der Waals surface area contributed by atoms with Crippen LogP contribution in [0.3, 0.4) is 0 Å². The fraction of sp³-hybridized carbons (Fsp3) is 0.350. The third-order valence-corrected chi connectivity index (χ3v) is 3.85. The van der Waals surface area contributed by atoms with Crippen LogP contribution in [0.2, 0.25) is 5.02 Å². The fourth-order valence-electron chi connectivity index (χ4n) is 2.50. The lowest BCUT2D eigenvalue weighted by molar-refractivity contribution is 0.0419. The highest BCUT2D eigenvalue weighted by atomic mass is 35.5. The summed E-state index contributed by atoms with van der Waals surface area (Å²) in [5, 5.41) is 14.2. The van der Waals surface area contributed by atoms with Gasteiger partial charge in [-0.2, -0.15) is 0 Å². The van der Waals surface area contributed by atoms with Gasteiger partial charge in [-0.3, -0.25) is 0 Å². The molecular formula is C20H24ClNO3. The third kappa shape index (κ3) is 5.76. The SMILES string of the molecule is Cc1cccc([C@H](O)[C@H](NC(=O)OC(C)(C)C)c2ccc(Cl)cc2)c1. The molecule has 0 fully saturated rings. The molecule has 4 nitrogen and oxygen atoms in total. The zero-order valence-corrected chi connectivity index (χ0v) is 15.7. The van der Waals surface area contributed by atoms with Crippen molar-refractivity contribution in [2.45, 2.75) is 45.4 Å². The first-order valence-corrected chi connectivity index (χ1v) is 8.53. The largest absolute Gasteiger partial charge is 0.444 e. The number of aryl methyl sites for hydroxylation is 1. The highest BCUT2D eigenvalue weighted by Crippen LogP contribution is 2.30. The summed E-state index contributed by atoms with van der Waals surface area (Å²) in [6.45, 7) is 7.33. The molecule has 0 spiro atoms. The van der Waals surface area contributed by atoms with Gasteiger partial charge in [-0.25, -0.2) is 4.79 Å². The fourth-order valence-corrected chi connectivity index (χ4v) is 2.62. The van der Waals surface area contributed by atoms with Gasteiger partial charge in [-0.15, -0.1) is 0 Å². The lowest BCUT2D eigenvalue weighted by Crippen LogP contribution is -2.37. The van der Waals surface area contributed by atoms with Crippen LogP contribution in [-0.2, 0) is 4.74 Å². The number of nitrogens with one attached hydrogen (secondary N) is 1. The normalized spacial score (nSPS) is 13.8. The van der Waals surface area contributed by atoms with Crippen LogP contribution in [0.1, 0.15) is 49.6 Å². The van der Waals surface area contributed by atoms with Crippen molar-refractivity contribution in [1.29, 1.82) is 0 Å². The van der Waals surface area contributed by atoms with Crippen LogP contribution >= 0.6 is 11.6 Å². The van der Waals surface area contributed by atoms with Gasteiger partial charge < -0.3 is 15.2 Å². The van der Waals surface area contributed by atoms with Gasteiger partial charge in [0.25, 0.3) is 0 Å². The molecule has 1 amide bonds. The van der Waals surface area contributed by atoms with E-state index >= 15 is 0 Å². The van der Waals surface area contributed by atoms with Gasteiger partial charge in [-0.05, 0) is 51.0 Å². The maximum absolute atomic E-state index is 12.2. The van der Waals surface area contributed by atoms with Crippen LogP contribution in [0.5, 0.6) is 0 Å². The molecule has 2 rings (SSSR count). The van der Waals surface area contributed by atoms with Crippen LogP contribution in [0.15, 0.2) is 48.5 Å². The molecule has 2 atom stereocenters. The predicted molar refractivity (Wildman–Crippen MR) is 99.7 cm³/mol. The van der Waals surface area contributed by atoms with Gasteiger partial charge in [0.05, 0.1) is 6.04 Å². The Kier molecular flexibility index (Phi) is 6.09. The van der Waals surface area contributed by atoms with Crippen molar-refractivity contribution >= 4 is 17.7 Å². The molecular weight excluding hydrogens is 338 g/mol. The van der Waals surface area contributed by atoms with E-state index in [-0.39, 0.29) is 0 Å². The number of ether oxygens (including phenoxy) is 1. The Hall–Kier alpha value is -2.04. The molecule has 0 aliphatic carbocycles. The Bertz CT molecular complexity index is 722. The van der Waals surface area contributed by atoms with Crippen molar-refractivity contribution in [3.05, 3.63) is 70.2 Å². The highest BCUT2D eigenvalue weighted by Gasteiger charge is 2.27. The van der Waals surface area contributed by atoms with Crippen LogP contribution in [0, 0.1) is 6.92 Å². The number of alkyl carbamates (subject to hydrolysis) is 1. The van der Waals surface area contributed by atoms with E-state index in [1.165, 1.54) is 0 Å². The Morgan fingerprint density at radius 3 is 2.32 bits per heavy atom. The van der Waals surface area contributed by atoms with Crippen molar-refractivity contribution in [3.8, 4) is 0 Å². The lowest BCUT2D eigenvalue weighted by Gasteiger charge is -2.27. The quantitative estimate of drug-likeness (QED) is 0.810. The zero-order valence-electron chi connectivity index (χ0n) is 14.9. The molecule has 5 heteroatoms. The Morgan fingerprint density at radius 2 is 1.76 bits per heavy atom. The van der Waals surface area contributed by atoms with Crippen LogP contribution < -0.4 is 5.32 Å². The van der Waals surface area contributed by atoms with E-state index < -0.39 is 23.8 Å². The molecule has 0 aliphatic rings. The summed E-state index contributed by atoms with van der Waals surface area (Å²) in [5.74, 6) is 0. The number of carbonyl (C=O) groups excluding carboxylic acids is 1. The zero-order chi connectivity index (χ0) is 18.6. The maximum atomic E-state index is 12.2. The van der Waals surface area contributed by atoms with Gasteiger partial charge in [-0.1, -0.05) is 53.6 Å². The van der Waals surface area contributed by atoms with E-state index in [9.17, 15) is 9.90 Å².